The molecule has 0 saturated carbocycles. The highest BCUT2D eigenvalue weighted by molar-refractivity contribution is 7.85. The minimum atomic E-state index is -4.42. The molecule has 0 saturated heterocycles. The summed E-state index contributed by atoms with van der Waals surface area (Å²) < 4.78 is 32.6. The maximum absolute atomic E-state index is 14.0. The Labute approximate surface area is 300 Å². The maximum Gasteiger partial charge on any atom is 0.251 e. The quantitative estimate of drug-likeness (QED) is 0.151. The Kier molecular flexibility index (Phi) is 11.7. The van der Waals surface area contributed by atoms with Gasteiger partial charge in [0.15, 0.2) is 0 Å². The molecule has 0 fully saturated rings. The highest BCUT2D eigenvalue weighted by Crippen LogP contribution is 2.40. The van der Waals surface area contributed by atoms with Gasteiger partial charge in [0, 0.05) is 22.8 Å². The molecule has 1 aliphatic carbocycles. The number of amides is 2. The number of anilines is 1. The van der Waals surface area contributed by atoms with E-state index in [4.69, 9.17) is 11.6 Å². The smallest absolute Gasteiger partial charge is 0.251 e. The van der Waals surface area contributed by atoms with Crippen molar-refractivity contribution in [3.63, 3.8) is 0 Å². The van der Waals surface area contributed by atoms with Crippen LogP contribution in [-0.4, -0.2) is 37.1 Å². The van der Waals surface area contributed by atoms with Gasteiger partial charge in [-0.15, -0.1) is 0 Å². The van der Waals surface area contributed by atoms with Gasteiger partial charge in [-0.05, 0) is 119 Å². The Morgan fingerprint density at radius 2 is 1.58 bits per heavy atom. The molecule has 50 heavy (non-hydrogen) atoms. The van der Waals surface area contributed by atoms with Crippen LogP contribution in [0.15, 0.2) is 97.1 Å². The van der Waals surface area contributed by atoms with Crippen LogP contribution in [0.5, 0.6) is 0 Å². The topological polar surface area (TPSA) is 115 Å². The Balaban J connectivity index is 1.35. The van der Waals surface area contributed by atoms with Gasteiger partial charge in [0.25, 0.3) is 5.91 Å². The van der Waals surface area contributed by atoms with Gasteiger partial charge >= 0.3 is 0 Å². The van der Waals surface area contributed by atoms with Crippen molar-refractivity contribution in [3.8, 4) is 11.1 Å². The fourth-order valence-corrected chi connectivity index (χ4v) is 7.09. The second kappa shape index (κ2) is 15.8. The second-order valence-electron chi connectivity index (χ2n) is 14.2. The third-order valence-corrected chi connectivity index (χ3v) is 10.5. The van der Waals surface area contributed by atoms with Gasteiger partial charge in [0.2, 0.25) is 5.91 Å². The molecule has 5 rings (SSSR count). The van der Waals surface area contributed by atoms with Crippen LogP contribution in [0.2, 0.25) is 5.02 Å². The SMILES string of the molecule is Cc1cc(Cl)ccc1-c1ccc(NC(=O)[C@H](Cc2ccc(C(=O)NCCS(=O)(=O)[O-])cc2)c2ccc(C3=CC[C@@H](C(C)(C)C)CC3)cc2)cc1. The number of halogens is 1. The van der Waals surface area contributed by atoms with Crippen molar-refractivity contribution in [1.29, 1.82) is 0 Å². The average molecular weight is 712 g/mol. The lowest BCUT2D eigenvalue weighted by Crippen LogP contribution is -2.29. The molecule has 0 bridgehead atoms. The van der Waals surface area contributed by atoms with Crippen molar-refractivity contribution in [2.75, 3.05) is 17.6 Å². The van der Waals surface area contributed by atoms with E-state index in [1.54, 1.807) is 24.3 Å². The molecule has 9 heteroatoms. The molecule has 1 aliphatic rings. The lowest BCUT2D eigenvalue weighted by molar-refractivity contribution is -0.117. The molecule has 0 aromatic heterocycles. The summed E-state index contributed by atoms with van der Waals surface area (Å²) in [5.74, 6) is -1.17. The zero-order chi connectivity index (χ0) is 36.1. The van der Waals surface area contributed by atoms with Crippen molar-refractivity contribution in [2.24, 2.45) is 11.3 Å². The van der Waals surface area contributed by atoms with Crippen molar-refractivity contribution in [1.82, 2.24) is 5.32 Å². The zero-order valence-electron chi connectivity index (χ0n) is 29.0. The largest absolute Gasteiger partial charge is 0.748 e. The van der Waals surface area contributed by atoms with Crippen LogP contribution in [0.4, 0.5) is 5.69 Å². The zero-order valence-corrected chi connectivity index (χ0v) is 30.5. The Morgan fingerprint density at radius 1 is 0.920 bits per heavy atom. The van der Waals surface area contributed by atoms with Gasteiger partial charge in [-0.25, -0.2) is 8.42 Å². The molecule has 2 atom stereocenters. The van der Waals surface area contributed by atoms with E-state index in [0.29, 0.717) is 28.6 Å². The molecule has 0 heterocycles. The minimum absolute atomic E-state index is 0.154. The van der Waals surface area contributed by atoms with E-state index in [9.17, 15) is 22.6 Å². The monoisotopic (exact) mass is 711 g/mol. The first-order valence-corrected chi connectivity index (χ1v) is 18.9. The van der Waals surface area contributed by atoms with Crippen LogP contribution < -0.4 is 10.6 Å². The Hall–Kier alpha value is -4.24. The first kappa shape index (κ1) is 37.0. The molecule has 0 aliphatic heterocycles. The minimum Gasteiger partial charge on any atom is -0.748 e. The molecule has 7 nitrogen and oxygen atoms in total. The van der Waals surface area contributed by atoms with E-state index in [1.165, 1.54) is 11.1 Å². The molecule has 2 amide bonds. The van der Waals surface area contributed by atoms with Gasteiger partial charge in [-0.2, -0.15) is 0 Å². The number of carbonyl (C=O) groups is 2. The van der Waals surface area contributed by atoms with E-state index < -0.39 is 27.7 Å². The number of hydrogen-bond acceptors (Lipinski definition) is 5. The van der Waals surface area contributed by atoms with Gasteiger partial charge in [-0.1, -0.05) is 93.0 Å². The predicted octanol–water partition coefficient (Wildman–Crippen LogP) is 8.79. The number of allylic oxidation sites excluding steroid dienone is 2. The third kappa shape index (κ3) is 9.93. The fourth-order valence-electron chi connectivity index (χ4n) is 6.51. The summed E-state index contributed by atoms with van der Waals surface area (Å²) in [6, 6.07) is 28.7. The number of aryl methyl sites for hydroxylation is 1. The van der Waals surface area contributed by atoms with E-state index >= 15 is 0 Å². The number of nitrogens with one attached hydrogen (secondary N) is 2. The standard InChI is InChI=1S/C41H45ClN2O5S/c1-27-25-35(42)19-22-37(27)31-15-20-36(21-16-31)44-40(46)38(26-28-5-7-33(8-6-28)39(45)43-23-24-50(47,48)49)32-11-9-29(10-12-32)30-13-17-34(18-14-30)41(2,3)4/h5-13,15-16,19-22,25,34,38H,14,17-18,23-24,26H2,1-4H3,(H,43,45)(H,44,46)(H,47,48,49)/p-1/t34-,38-/m1/s1. The van der Waals surface area contributed by atoms with Crippen LogP contribution in [0, 0.1) is 18.3 Å². The molecule has 4 aromatic rings. The van der Waals surface area contributed by atoms with Crippen LogP contribution >= 0.6 is 11.6 Å². The molecule has 0 radical (unpaired) electrons. The van der Waals surface area contributed by atoms with Gasteiger partial charge < -0.3 is 15.2 Å². The summed E-state index contributed by atoms with van der Waals surface area (Å²) in [7, 11) is -4.42. The van der Waals surface area contributed by atoms with Gasteiger partial charge in [-0.3, -0.25) is 9.59 Å². The number of carbonyl (C=O) groups excluding carboxylic acids is 2. The Morgan fingerprint density at radius 3 is 2.16 bits per heavy atom. The summed E-state index contributed by atoms with van der Waals surface area (Å²) in [6.45, 7) is 8.66. The van der Waals surface area contributed by atoms with Gasteiger partial charge in [0.05, 0.1) is 21.8 Å². The first-order chi connectivity index (χ1) is 23.7. The normalized spacial score (nSPS) is 15.6. The highest BCUT2D eigenvalue weighted by atomic mass is 35.5. The maximum atomic E-state index is 14.0. The summed E-state index contributed by atoms with van der Waals surface area (Å²) >= 11 is 6.15. The second-order valence-corrected chi connectivity index (χ2v) is 16.1. The summed E-state index contributed by atoms with van der Waals surface area (Å²) in [4.78, 5) is 26.5. The van der Waals surface area contributed by atoms with Crippen LogP contribution in [0.3, 0.4) is 0 Å². The fraction of sp³-hybridized carbons (Fsp3) is 0.317. The van der Waals surface area contributed by atoms with Crippen molar-refractivity contribution >= 4 is 44.8 Å². The van der Waals surface area contributed by atoms with Crippen molar-refractivity contribution in [3.05, 3.63) is 130 Å². The average Bonchev–Trinajstić information content (AvgIpc) is 3.07. The predicted molar refractivity (Wildman–Crippen MR) is 201 cm³/mol. The molecule has 262 valence electrons. The van der Waals surface area contributed by atoms with Gasteiger partial charge in [0.1, 0.15) is 0 Å². The number of benzene rings is 4. The number of rotatable bonds is 11. The first-order valence-electron chi connectivity index (χ1n) is 16.9. The highest BCUT2D eigenvalue weighted by Gasteiger charge is 2.27. The molecule has 4 aromatic carbocycles. The lowest BCUT2D eigenvalue weighted by atomic mass is 9.72. The van der Waals surface area contributed by atoms with Crippen molar-refractivity contribution < 1.29 is 22.6 Å². The van der Waals surface area contributed by atoms with E-state index in [-0.39, 0.29) is 17.9 Å². The third-order valence-electron chi connectivity index (χ3n) is 9.58. The van der Waals surface area contributed by atoms with Crippen LogP contribution in [0.1, 0.15) is 78.6 Å². The summed E-state index contributed by atoms with van der Waals surface area (Å²) in [5.41, 5.74) is 8.69. The molecule has 2 N–H and O–H groups in total. The number of hydrogen-bond donors (Lipinski definition) is 2. The summed E-state index contributed by atoms with van der Waals surface area (Å²) in [5, 5.41) is 6.26. The van der Waals surface area contributed by atoms with Crippen LogP contribution in [-0.2, 0) is 21.3 Å². The van der Waals surface area contributed by atoms with Crippen molar-refractivity contribution in [2.45, 2.75) is 59.3 Å². The molecule has 0 unspecified atom stereocenters. The lowest BCUT2D eigenvalue weighted by Gasteiger charge is -2.33. The molecular formula is C41H44ClN2O5S-. The summed E-state index contributed by atoms with van der Waals surface area (Å²) in [6.07, 6.45) is 6.01. The van der Waals surface area contributed by atoms with E-state index in [1.807, 2.05) is 61.5 Å². The van der Waals surface area contributed by atoms with Crippen LogP contribution in [0.25, 0.3) is 16.7 Å². The van der Waals surface area contributed by atoms with E-state index in [0.717, 1.165) is 47.1 Å². The molecular weight excluding hydrogens is 668 g/mol. The Bertz CT molecular complexity index is 1960. The molecule has 0 spiro atoms. The van der Waals surface area contributed by atoms with E-state index in [2.05, 4.69) is 49.6 Å².